The largest absolute Gasteiger partial charge is 0.496 e. The molecule has 2 aromatic carbocycles. The van der Waals surface area contributed by atoms with E-state index in [1.807, 2.05) is 0 Å². The van der Waals surface area contributed by atoms with Crippen LogP contribution in [0, 0.1) is 5.82 Å². The Morgan fingerprint density at radius 2 is 1.90 bits per heavy atom. The zero-order valence-electron chi connectivity index (χ0n) is 16.0. The summed E-state index contributed by atoms with van der Waals surface area (Å²) in [7, 11) is 3.02. The van der Waals surface area contributed by atoms with Crippen LogP contribution in [-0.4, -0.2) is 48.2 Å². The molecule has 1 amide bonds. The molecular formula is C20H20FN5O3. The number of aromatic nitrogens is 3. The summed E-state index contributed by atoms with van der Waals surface area (Å²) >= 11 is 0. The maximum atomic E-state index is 13.4. The molecule has 9 heteroatoms. The predicted octanol–water partition coefficient (Wildman–Crippen LogP) is 2.81. The first-order valence-corrected chi connectivity index (χ1v) is 8.78. The molecule has 150 valence electrons. The van der Waals surface area contributed by atoms with Gasteiger partial charge < -0.3 is 20.1 Å². The van der Waals surface area contributed by atoms with Crippen LogP contribution in [0.15, 0.2) is 48.8 Å². The van der Waals surface area contributed by atoms with Gasteiger partial charge in [-0.3, -0.25) is 4.79 Å². The van der Waals surface area contributed by atoms with Crippen molar-refractivity contribution in [3.63, 3.8) is 0 Å². The van der Waals surface area contributed by atoms with E-state index in [1.165, 1.54) is 25.6 Å². The third kappa shape index (κ3) is 5.23. The number of nitrogens with one attached hydrogen (secondary N) is 2. The monoisotopic (exact) mass is 397 g/mol. The van der Waals surface area contributed by atoms with E-state index in [-0.39, 0.29) is 5.91 Å². The van der Waals surface area contributed by atoms with Gasteiger partial charge in [-0.25, -0.2) is 14.4 Å². The standard InChI is InChI=1S/C20H20FN5O3/c1-28-10-9-22-19(27)13-3-6-15(7-4-13)25-20-24-12-23-18(26-20)16-8-5-14(21)11-17(16)29-2/h3-8,11-12H,9-10H2,1-2H3,(H,22,27)(H,23,24,25,26). The lowest BCUT2D eigenvalue weighted by Crippen LogP contribution is -2.26. The SMILES string of the molecule is COCCNC(=O)c1ccc(Nc2ncnc(-c3ccc(F)cc3OC)n2)cc1. The van der Waals surface area contributed by atoms with Crippen LogP contribution in [0.5, 0.6) is 5.75 Å². The molecule has 1 aromatic heterocycles. The summed E-state index contributed by atoms with van der Waals surface area (Å²) in [5.41, 5.74) is 1.77. The van der Waals surface area contributed by atoms with Crippen molar-refractivity contribution in [2.75, 3.05) is 32.7 Å². The molecule has 8 nitrogen and oxygen atoms in total. The van der Waals surface area contributed by atoms with Gasteiger partial charge in [-0.1, -0.05) is 0 Å². The van der Waals surface area contributed by atoms with Crippen LogP contribution in [0.1, 0.15) is 10.4 Å². The smallest absolute Gasteiger partial charge is 0.251 e. The van der Waals surface area contributed by atoms with Crippen LogP contribution in [0.25, 0.3) is 11.4 Å². The van der Waals surface area contributed by atoms with Crippen molar-refractivity contribution in [3.05, 3.63) is 60.2 Å². The van der Waals surface area contributed by atoms with Crippen LogP contribution >= 0.6 is 0 Å². The molecule has 0 aliphatic rings. The first-order chi connectivity index (χ1) is 14.1. The summed E-state index contributed by atoms with van der Waals surface area (Å²) in [5.74, 6) is 0.377. The maximum absolute atomic E-state index is 13.4. The average Bonchev–Trinajstić information content (AvgIpc) is 2.74. The predicted molar refractivity (Wildman–Crippen MR) is 106 cm³/mol. The number of carbonyl (C=O) groups is 1. The van der Waals surface area contributed by atoms with Crippen LogP contribution < -0.4 is 15.4 Å². The Balaban J connectivity index is 1.73. The normalized spacial score (nSPS) is 10.4. The number of carbonyl (C=O) groups excluding carboxylic acids is 1. The fourth-order valence-corrected chi connectivity index (χ4v) is 2.54. The van der Waals surface area contributed by atoms with Crippen LogP contribution in [0.3, 0.4) is 0 Å². The maximum Gasteiger partial charge on any atom is 0.251 e. The van der Waals surface area contributed by atoms with Gasteiger partial charge in [0.15, 0.2) is 5.82 Å². The van der Waals surface area contributed by atoms with Crippen molar-refractivity contribution in [1.29, 1.82) is 0 Å². The van der Waals surface area contributed by atoms with Crippen molar-refractivity contribution < 1.29 is 18.7 Å². The Labute approximate surface area is 167 Å². The van der Waals surface area contributed by atoms with Gasteiger partial charge in [0.2, 0.25) is 5.95 Å². The zero-order chi connectivity index (χ0) is 20.6. The first kappa shape index (κ1) is 20.2. The highest BCUT2D eigenvalue weighted by Crippen LogP contribution is 2.28. The third-order valence-electron chi connectivity index (χ3n) is 3.97. The van der Waals surface area contributed by atoms with Crippen molar-refractivity contribution in [1.82, 2.24) is 20.3 Å². The molecule has 0 spiro atoms. The van der Waals surface area contributed by atoms with Crippen LogP contribution in [-0.2, 0) is 4.74 Å². The van der Waals surface area contributed by atoms with Gasteiger partial charge in [0.05, 0.1) is 19.3 Å². The number of halogens is 1. The van der Waals surface area contributed by atoms with E-state index < -0.39 is 5.82 Å². The van der Waals surface area contributed by atoms with Gasteiger partial charge >= 0.3 is 0 Å². The van der Waals surface area contributed by atoms with Crippen molar-refractivity contribution in [2.45, 2.75) is 0 Å². The Hall–Kier alpha value is -3.59. The van der Waals surface area contributed by atoms with Gasteiger partial charge in [-0.05, 0) is 36.4 Å². The van der Waals surface area contributed by atoms with Gasteiger partial charge in [-0.15, -0.1) is 0 Å². The zero-order valence-corrected chi connectivity index (χ0v) is 16.0. The Morgan fingerprint density at radius 3 is 2.62 bits per heavy atom. The van der Waals surface area contributed by atoms with Gasteiger partial charge in [-0.2, -0.15) is 4.98 Å². The molecule has 0 unspecified atom stereocenters. The Kier molecular flexibility index (Phi) is 6.64. The summed E-state index contributed by atoms with van der Waals surface area (Å²) in [4.78, 5) is 24.6. The highest BCUT2D eigenvalue weighted by Gasteiger charge is 2.11. The lowest BCUT2D eigenvalue weighted by atomic mass is 10.2. The van der Waals surface area contributed by atoms with Gasteiger partial charge in [0.25, 0.3) is 5.91 Å². The van der Waals surface area contributed by atoms with E-state index in [9.17, 15) is 9.18 Å². The second-order valence-electron chi connectivity index (χ2n) is 5.93. The molecule has 3 aromatic rings. The van der Waals surface area contributed by atoms with Gasteiger partial charge in [0, 0.05) is 31.0 Å². The number of hydrogen-bond acceptors (Lipinski definition) is 7. The molecule has 0 fully saturated rings. The number of methoxy groups -OCH3 is 2. The van der Waals surface area contributed by atoms with Crippen molar-refractivity contribution in [2.24, 2.45) is 0 Å². The molecule has 3 rings (SSSR count). The van der Waals surface area contributed by atoms with Gasteiger partial charge in [0.1, 0.15) is 17.9 Å². The van der Waals surface area contributed by atoms with Crippen molar-refractivity contribution in [3.8, 4) is 17.1 Å². The fourth-order valence-electron chi connectivity index (χ4n) is 2.54. The summed E-state index contributed by atoms with van der Waals surface area (Å²) in [6, 6.07) is 11.0. The molecule has 0 atom stereocenters. The topological polar surface area (TPSA) is 98.3 Å². The minimum absolute atomic E-state index is 0.181. The lowest BCUT2D eigenvalue weighted by Gasteiger charge is -2.09. The van der Waals surface area contributed by atoms with E-state index in [4.69, 9.17) is 9.47 Å². The average molecular weight is 397 g/mol. The Bertz CT molecular complexity index is 982. The molecule has 0 saturated carbocycles. The van der Waals surface area contributed by atoms with Crippen LogP contribution in [0.2, 0.25) is 0 Å². The molecule has 0 bridgehead atoms. The molecule has 0 aliphatic heterocycles. The summed E-state index contributed by atoms with van der Waals surface area (Å²) in [6.45, 7) is 0.891. The first-order valence-electron chi connectivity index (χ1n) is 8.78. The number of anilines is 2. The quantitative estimate of drug-likeness (QED) is 0.564. The molecule has 1 heterocycles. The molecule has 29 heavy (non-hydrogen) atoms. The highest BCUT2D eigenvalue weighted by molar-refractivity contribution is 5.94. The number of benzene rings is 2. The van der Waals surface area contributed by atoms with E-state index in [0.717, 1.165) is 0 Å². The minimum Gasteiger partial charge on any atom is -0.496 e. The van der Waals surface area contributed by atoms with E-state index >= 15 is 0 Å². The minimum atomic E-state index is -0.413. The van der Waals surface area contributed by atoms with Crippen molar-refractivity contribution >= 4 is 17.5 Å². The number of amides is 1. The molecule has 0 saturated heterocycles. The summed E-state index contributed by atoms with van der Waals surface area (Å²) in [6.07, 6.45) is 1.35. The second-order valence-corrected chi connectivity index (χ2v) is 5.93. The number of hydrogen-bond donors (Lipinski definition) is 2. The lowest BCUT2D eigenvalue weighted by molar-refractivity contribution is 0.0937. The third-order valence-corrected chi connectivity index (χ3v) is 3.97. The van der Waals surface area contributed by atoms with E-state index in [0.29, 0.717) is 47.5 Å². The molecular weight excluding hydrogens is 377 g/mol. The van der Waals surface area contributed by atoms with E-state index in [2.05, 4.69) is 25.6 Å². The molecule has 2 N–H and O–H groups in total. The highest BCUT2D eigenvalue weighted by atomic mass is 19.1. The number of rotatable bonds is 8. The summed E-state index contributed by atoms with van der Waals surface area (Å²) in [5, 5.41) is 5.81. The molecule has 0 aliphatic carbocycles. The molecule has 0 radical (unpaired) electrons. The number of ether oxygens (including phenoxy) is 2. The van der Waals surface area contributed by atoms with Crippen LogP contribution in [0.4, 0.5) is 16.0 Å². The summed E-state index contributed by atoms with van der Waals surface area (Å²) < 4.78 is 23.5. The fraction of sp³-hybridized carbons (Fsp3) is 0.200. The van der Waals surface area contributed by atoms with E-state index in [1.54, 1.807) is 37.4 Å². The second kappa shape index (κ2) is 9.56. The number of nitrogens with zero attached hydrogens (tertiary/aromatic N) is 3. The Morgan fingerprint density at radius 1 is 1.10 bits per heavy atom.